The van der Waals surface area contributed by atoms with Crippen molar-refractivity contribution in [2.45, 2.75) is 52.4 Å². The van der Waals surface area contributed by atoms with Gasteiger partial charge in [-0.25, -0.2) is 0 Å². The second-order valence-corrected chi connectivity index (χ2v) is 21.8. The Morgan fingerprint density at radius 1 is 0.540 bits per heavy atom. The van der Waals surface area contributed by atoms with E-state index in [1.165, 1.54) is 135 Å². The lowest BCUT2D eigenvalue weighted by molar-refractivity contribution is 0.590. The Bertz CT molecular complexity index is 3820. The summed E-state index contributed by atoms with van der Waals surface area (Å²) in [6, 6.07) is 58.6. The van der Waals surface area contributed by atoms with Crippen LogP contribution >= 0.6 is 22.7 Å². The Hall–Kier alpha value is -6.40. The fourth-order valence-electron chi connectivity index (χ4n) is 11.8. The topological polar surface area (TPSA) is 8.17 Å². The van der Waals surface area contributed by atoms with Crippen LogP contribution in [-0.4, -0.2) is 11.4 Å². The van der Waals surface area contributed by atoms with E-state index in [4.69, 9.17) is 0 Å². The molecule has 0 spiro atoms. The molecule has 0 atom stereocenters. The summed E-state index contributed by atoms with van der Waals surface area (Å²) in [5, 5.41) is 6.66. The molecule has 11 aromatic rings. The van der Waals surface area contributed by atoms with Crippen LogP contribution in [0.1, 0.15) is 56.9 Å². The average Bonchev–Trinajstić information content (AvgIpc) is 4.00. The van der Waals surface area contributed by atoms with Crippen LogP contribution in [0, 0.1) is 6.92 Å². The van der Waals surface area contributed by atoms with E-state index in [0.717, 1.165) is 0 Å². The predicted octanol–water partition coefficient (Wildman–Crippen LogP) is 15.2. The SMILES string of the molecule is Cc1c(-c2ccccc2)sc2cc3c(cc12)B1c2c(ccc4c5cc6c(cc5n-3c24)C(C)(C)c2ccccc2-6)-c2cc3c(cc2N1c1ccc(C(C)(C)C)cc1)sc1ccccc13. The van der Waals surface area contributed by atoms with Crippen LogP contribution in [0.15, 0.2) is 152 Å². The Labute approximate surface area is 375 Å². The number of fused-ring (bicyclic) bond motifs is 15. The van der Waals surface area contributed by atoms with E-state index in [9.17, 15) is 0 Å². The average molecular weight is 843 g/mol. The highest BCUT2D eigenvalue weighted by Gasteiger charge is 2.45. The molecule has 1 aliphatic carbocycles. The summed E-state index contributed by atoms with van der Waals surface area (Å²) < 4.78 is 6.67. The summed E-state index contributed by atoms with van der Waals surface area (Å²) in [6.45, 7) is 14.0. The number of aryl methyl sites for hydroxylation is 1. The molecule has 0 N–H and O–H groups in total. The normalized spacial score (nSPS) is 14.6. The van der Waals surface area contributed by atoms with Gasteiger partial charge in [0.25, 0.3) is 0 Å². The number of hydrogen-bond acceptors (Lipinski definition) is 3. The largest absolute Gasteiger partial charge is 0.376 e. The van der Waals surface area contributed by atoms with Crippen molar-refractivity contribution in [1.29, 1.82) is 0 Å². The summed E-state index contributed by atoms with van der Waals surface area (Å²) in [5.41, 5.74) is 21.3. The van der Waals surface area contributed by atoms with Gasteiger partial charge in [0, 0.05) is 68.6 Å². The van der Waals surface area contributed by atoms with Crippen molar-refractivity contribution in [2.75, 3.05) is 4.81 Å². The fourth-order valence-corrected chi connectivity index (χ4v) is 14.1. The van der Waals surface area contributed by atoms with Crippen molar-refractivity contribution >= 4 is 104 Å². The first-order valence-corrected chi connectivity index (χ1v) is 23.9. The van der Waals surface area contributed by atoms with Gasteiger partial charge in [0.05, 0.1) is 11.0 Å². The highest BCUT2D eigenvalue weighted by molar-refractivity contribution is 7.26. The number of benzene rings is 8. The predicted molar refractivity (Wildman–Crippen MR) is 275 cm³/mol. The first-order valence-electron chi connectivity index (χ1n) is 22.3. The molecule has 2 nitrogen and oxygen atoms in total. The molecular weight excluding hydrogens is 800 g/mol. The minimum absolute atomic E-state index is 0.0482. The Morgan fingerprint density at radius 3 is 2.10 bits per heavy atom. The number of aromatic nitrogens is 1. The molecule has 0 amide bonds. The maximum Gasteiger partial charge on any atom is 0.333 e. The second-order valence-electron chi connectivity index (χ2n) is 19.7. The van der Waals surface area contributed by atoms with E-state index in [1.54, 1.807) is 0 Å². The molecule has 0 unspecified atom stereocenters. The molecular formula is C58H43BN2S2. The van der Waals surface area contributed by atoms with Crippen LogP contribution in [0.2, 0.25) is 0 Å². The molecule has 2 aliphatic heterocycles. The van der Waals surface area contributed by atoms with Gasteiger partial charge in [-0.1, -0.05) is 138 Å². The van der Waals surface area contributed by atoms with E-state index < -0.39 is 0 Å². The van der Waals surface area contributed by atoms with Gasteiger partial charge < -0.3 is 9.38 Å². The summed E-state index contributed by atoms with van der Waals surface area (Å²) in [5.74, 6) is 0. The van der Waals surface area contributed by atoms with Gasteiger partial charge in [0.2, 0.25) is 0 Å². The molecule has 0 radical (unpaired) electrons. The lowest BCUT2D eigenvalue weighted by atomic mass is 9.44. The number of thiophene rings is 2. The zero-order valence-corrected chi connectivity index (χ0v) is 37.9. The smallest absolute Gasteiger partial charge is 0.333 e. The van der Waals surface area contributed by atoms with Crippen LogP contribution in [-0.2, 0) is 10.8 Å². The highest BCUT2D eigenvalue weighted by atomic mass is 32.1. The highest BCUT2D eigenvalue weighted by Crippen LogP contribution is 2.53. The standard InChI is InChI=1S/C58H43BN2S2/c1-32-40-28-47-50(31-52(40)63-56(32)33-14-8-7-9-15-33)60-48-29-46-41(36-16-10-12-18-45(36)58(46,5)6)26-43(48)39-25-24-38-42-27-44-37-17-11-13-19-51(37)62-53(44)30-49(42)61(59(47)54(38)55(39)60)35-22-20-34(21-23-35)57(2,3)4/h7-31H,1-6H3. The lowest BCUT2D eigenvalue weighted by Crippen LogP contribution is -2.60. The fraction of sp³-hybridized carbons (Fsp3) is 0.138. The summed E-state index contributed by atoms with van der Waals surface area (Å²) >= 11 is 3.84. The molecule has 63 heavy (non-hydrogen) atoms. The van der Waals surface area contributed by atoms with Crippen LogP contribution in [0.3, 0.4) is 0 Å². The van der Waals surface area contributed by atoms with Crippen molar-refractivity contribution in [3.05, 3.63) is 174 Å². The van der Waals surface area contributed by atoms with Crippen molar-refractivity contribution < 1.29 is 0 Å². The third kappa shape index (κ3) is 4.69. The lowest BCUT2D eigenvalue weighted by Gasteiger charge is -2.42. The van der Waals surface area contributed by atoms with Gasteiger partial charge >= 0.3 is 6.85 Å². The van der Waals surface area contributed by atoms with Gasteiger partial charge in [0.15, 0.2) is 0 Å². The van der Waals surface area contributed by atoms with Gasteiger partial charge in [-0.05, 0) is 122 Å². The van der Waals surface area contributed by atoms with Crippen molar-refractivity contribution in [1.82, 2.24) is 4.57 Å². The number of nitrogens with zero attached hydrogens (tertiary/aromatic N) is 2. The van der Waals surface area contributed by atoms with E-state index in [1.807, 2.05) is 22.7 Å². The second kappa shape index (κ2) is 12.2. The maximum atomic E-state index is 2.71. The van der Waals surface area contributed by atoms with E-state index in [-0.39, 0.29) is 17.7 Å². The van der Waals surface area contributed by atoms with Crippen molar-refractivity contribution in [3.8, 4) is 38.4 Å². The molecule has 0 saturated heterocycles. The Kier molecular flexibility index (Phi) is 6.99. The molecule has 0 bridgehead atoms. The number of hydrogen-bond donors (Lipinski definition) is 0. The maximum absolute atomic E-state index is 2.71. The zero-order valence-electron chi connectivity index (χ0n) is 36.2. The van der Waals surface area contributed by atoms with Crippen molar-refractivity contribution in [2.24, 2.45) is 0 Å². The summed E-state index contributed by atoms with van der Waals surface area (Å²) in [6.07, 6.45) is 0. The van der Waals surface area contributed by atoms with Gasteiger partial charge in [-0.15, -0.1) is 22.7 Å². The number of anilines is 2. The van der Waals surface area contributed by atoms with Gasteiger partial charge in [0.1, 0.15) is 0 Å². The molecule has 3 aliphatic rings. The minimum Gasteiger partial charge on any atom is -0.376 e. The molecule has 0 saturated carbocycles. The molecule has 5 heterocycles. The van der Waals surface area contributed by atoms with E-state index in [0.29, 0.717) is 0 Å². The molecule has 5 heteroatoms. The van der Waals surface area contributed by atoms with Crippen LogP contribution in [0.4, 0.5) is 11.4 Å². The first-order chi connectivity index (χ1) is 30.5. The third-order valence-electron chi connectivity index (χ3n) is 14.9. The molecule has 3 aromatic heterocycles. The molecule has 300 valence electrons. The van der Waals surface area contributed by atoms with Gasteiger partial charge in [-0.2, -0.15) is 0 Å². The summed E-state index contributed by atoms with van der Waals surface area (Å²) in [7, 11) is 0. The van der Waals surface area contributed by atoms with Crippen LogP contribution < -0.4 is 15.7 Å². The van der Waals surface area contributed by atoms with Crippen LogP contribution in [0.5, 0.6) is 0 Å². The molecule has 8 aromatic carbocycles. The molecule has 0 fully saturated rings. The minimum atomic E-state index is -0.112. The summed E-state index contributed by atoms with van der Waals surface area (Å²) in [4.78, 5) is 4.06. The first kappa shape index (κ1) is 36.1. The quantitative estimate of drug-likeness (QED) is 0.157. The van der Waals surface area contributed by atoms with Crippen LogP contribution in [0.25, 0.3) is 90.4 Å². The van der Waals surface area contributed by atoms with E-state index in [2.05, 4.69) is 203 Å². The van der Waals surface area contributed by atoms with Gasteiger partial charge in [-0.3, -0.25) is 0 Å². The van der Waals surface area contributed by atoms with Crippen molar-refractivity contribution in [3.63, 3.8) is 0 Å². The zero-order chi connectivity index (χ0) is 42.3. The Balaban J connectivity index is 1.15. The van der Waals surface area contributed by atoms with E-state index >= 15 is 0 Å². The Morgan fingerprint density at radius 2 is 1.27 bits per heavy atom. The number of rotatable bonds is 2. The third-order valence-corrected chi connectivity index (χ3v) is 17.4. The molecule has 14 rings (SSSR count). The monoisotopic (exact) mass is 842 g/mol.